The highest BCUT2D eigenvalue weighted by molar-refractivity contribution is 6.06. The summed E-state index contributed by atoms with van der Waals surface area (Å²) in [6.45, 7) is 0. The fraction of sp³-hybridized carbons (Fsp3) is 0.125. The van der Waals surface area contributed by atoms with Gasteiger partial charge in [-0.15, -0.1) is 0 Å². The Morgan fingerprint density at radius 1 is 1.50 bits per heavy atom. The Morgan fingerprint density at radius 3 is 3.20 bits per heavy atom. The number of rotatable bonds is 0. The van der Waals surface area contributed by atoms with Crippen LogP contribution in [0.15, 0.2) is 40.8 Å². The predicted octanol–water partition coefficient (Wildman–Crippen LogP) is 1.73. The summed E-state index contributed by atoms with van der Waals surface area (Å²) in [4.78, 5) is 3.92. The molecule has 2 nitrogen and oxygen atoms in total. The average molecular weight is 133 g/mol. The average Bonchev–Trinajstić information content (AvgIpc) is 2.27. The lowest BCUT2D eigenvalue weighted by Gasteiger charge is -2.00. The molecule has 0 spiro atoms. The van der Waals surface area contributed by atoms with Gasteiger partial charge in [0, 0.05) is 18.1 Å². The van der Waals surface area contributed by atoms with Crippen LogP contribution in [0.5, 0.6) is 0 Å². The molecule has 1 aliphatic carbocycles. The molecule has 0 saturated heterocycles. The van der Waals surface area contributed by atoms with Crippen molar-refractivity contribution in [2.24, 2.45) is 4.99 Å². The lowest BCUT2D eigenvalue weighted by atomic mass is 10.0. The minimum Gasteiger partial charge on any atom is -0.493 e. The normalized spacial score (nSPS) is 21.4. The first-order valence-corrected chi connectivity index (χ1v) is 3.22. The van der Waals surface area contributed by atoms with E-state index in [1.165, 1.54) is 0 Å². The van der Waals surface area contributed by atoms with Gasteiger partial charge in [-0.3, -0.25) is 0 Å². The van der Waals surface area contributed by atoms with E-state index < -0.39 is 0 Å². The minimum absolute atomic E-state index is 0.130. The molecule has 2 aliphatic rings. The second-order valence-electron chi connectivity index (χ2n) is 2.32. The van der Waals surface area contributed by atoms with E-state index >= 15 is 0 Å². The Hall–Kier alpha value is -1.31. The third-order valence-corrected chi connectivity index (χ3v) is 1.59. The Bertz CT molecular complexity index is 282. The highest BCUT2D eigenvalue weighted by Gasteiger charge is 2.13. The Kier molecular flexibility index (Phi) is 1.01. The molecule has 50 valence electrons. The molecule has 0 radical (unpaired) electrons. The van der Waals surface area contributed by atoms with Gasteiger partial charge in [0.25, 0.3) is 0 Å². The van der Waals surface area contributed by atoms with Crippen molar-refractivity contribution < 1.29 is 5.11 Å². The van der Waals surface area contributed by atoms with Crippen LogP contribution < -0.4 is 0 Å². The molecule has 1 heterocycles. The van der Waals surface area contributed by atoms with Crippen molar-refractivity contribution in [1.82, 2.24) is 0 Å². The molecule has 0 bridgehead atoms. The van der Waals surface area contributed by atoms with Gasteiger partial charge in [-0.1, -0.05) is 18.2 Å². The molecular weight excluding hydrogens is 126 g/mol. The fourth-order valence-corrected chi connectivity index (χ4v) is 1.12. The first-order chi connectivity index (χ1) is 4.86. The van der Waals surface area contributed by atoms with Crippen molar-refractivity contribution in [3.63, 3.8) is 0 Å². The molecule has 10 heavy (non-hydrogen) atoms. The molecule has 0 saturated carbocycles. The summed E-state index contributed by atoms with van der Waals surface area (Å²) in [5.41, 5.74) is 2.01. The third-order valence-electron chi connectivity index (χ3n) is 1.59. The first-order valence-electron chi connectivity index (χ1n) is 3.22. The zero-order valence-corrected chi connectivity index (χ0v) is 5.41. The molecule has 0 aromatic carbocycles. The number of aliphatic hydroxyl groups excluding tert-OH is 1. The Balaban J connectivity index is 2.45. The molecule has 1 N–H and O–H groups in total. The van der Waals surface area contributed by atoms with E-state index in [9.17, 15) is 0 Å². The maximum Gasteiger partial charge on any atom is 0.211 e. The lowest BCUT2D eigenvalue weighted by Crippen LogP contribution is -1.97. The van der Waals surface area contributed by atoms with Crippen LogP contribution in [-0.4, -0.2) is 10.8 Å². The number of fused-ring (bicyclic) bond motifs is 1. The number of hydrogen-bond acceptors (Lipinski definition) is 2. The van der Waals surface area contributed by atoms with Crippen LogP contribution in [0.25, 0.3) is 0 Å². The summed E-state index contributed by atoms with van der Waals surface area (Å²) in [7, 11) is 0. The van der Waals surface area contributed by atoms with Crippen molar-refractivity contribution >= 4 is 5.71 Å². The summed E-state index contributed by atoms with van der Waals surface area (Å²) in [6, 6.07) is 0. The van der Waals surface area contributed by atoms with Crippen LogP contribution in [0.2, 0.25) is 0 Å². The monoisotopic (exact) mass is 133 g/mol. The minimum atomic E-state index is 0.130. The van der Waals surface area contributed by atoms with Crippen molar-refractivity contribution in [2.75, 3.05) is 0 Å². The predicted molar refractivity (Wildman–Crippen MR) is 40.0 cm³/mol. The van der Waals surface area contributed by atoms with Gasteiger partial charge < -0.3 is 5.11 Å². The molecule has 2 heteroatoms. The maximum atomic E-state index is 8.96. The highest BCUT2D eigenvalue weighted by atomic mass is 16.3. The van der Waals surface area contributed by atoms with Crippen LogP contribution in [-0.2, 0) is 0 Å². The van der Waals surface area contributed by atoms with Gasteiger partial charge in [-0.2, -0.15) is 0 Å². The van der Waals surface area contributed by atoms with Crippen LogP contribution >= 0.6 is 0 Å². The van der Waals surface area contributed by atoms with Gasteiger partial charge in [-0.25, -0.2) is 4.99 Å². The Labute approximate surface area is 58.9 Å². The molecule has 0 fully saturated rings. The molecule has 0 aromatic rings. The molecule has 1 aliphatic heterocycles. The Morgan fingerprint density at radius 2 is 2.40 bits per heavy atom. The zero-order chi connectivity index (χ0) is 6.97. The van der Waals surface area contributed by atoms with E-state index in [2.05, 4.69) is 4.99 Å². The standard InChI is InChI=1S/C8H7NO/c10-8-5-6-3-1-2-4-7(6)9-8/h1-3,5,10H,4H2. The van der Waals surface area contributed by atoms with E-state index in [1.807, 2.05) is 18.2 Å². The third kappa shape index (κ3) is 0.692. The van der Waals surface area contributed by atoms with Gasteiger partial charge >= 0.3 is 0 Å². The lowest BCUT2D eigenvalue weighted by molar-refractivity contribution is 0.409. The van der Waals surface area contributed by atoms with Crippen molar-refractivity contribution in [3.8, 4) is 0 Å². The van der Waals surface area contributed by atoms with E-state index in [-0.39, 0.29) is 5.88 Å². The molecular formula is C8H7NO. The number of allylic oxidation sites excluding steroid dienone is 5. The second kappa shape index (κ2) is 1.84. The van der Waals surface area contributed by atoms with E-state index in [0.717, 1.165) is 17.7 Å². The quantitative estimate of drug-likeness (QED) is 0.536. The molecule has 0 unspecified atom stereocenters. The van der Waals surface area contributed by atoms with Gasteiger partial charge in [0.05, 0.1) is 5.71 Å². The molecule has 0 aromatic heterocycles. The number of aliphatic hydroxyl groups is 1. The second-order valence-corrected chi connectivity index (χ2v) is 2.32. The van der Waals surface area contributed by atoms with Crippen LogP contribution in [0, 0.1) is 0 Å². The summed E-state index contributed by atoms with van der Waals surface area (Å²) >= 11 is 0. The van der Waals surface area contributed by atoms with Gasteiger partial charge in [0.2, 0.25) is 5.88 Å². The highest BCUT2D eigenvalue weighted by Crippen LogP contribution is 2.19. The molecule has 2 rings (SSSR count). The van der Waals surface area contributed by atoms with E-state index in [0.29, 0.717) is 0 Å². The first kappa shape index (κ1) is 5.47. The number of hydrogen-bond donors (Lipinski definition) is 1. The van der Waals surface area contributed by atoms with Crippen LogP contribution in [0.1, 0.15) is 6.42 Å². The van der Waals surface area contributed by atoms with Gasteiger partial charge in [-0.05, 0) is 0 Å². The van der Waals surface area contributed by atoms with Crippen LogP contribution in [0.3, 0.4) is 0 Å². The van der Waals surface area contributed by atoms with Gasteiger partial charge in [0.1, 0.15) is 0 Å². The van der Waals surface area contributed by atoms with E-state index in [4.69, 9.17) is 5.11 Å². The summed E-state index contributed by atoms with van der Waals surface area (Å²) < 4.78 is 0. The van der Waals surface area contributed by atoms with Crippen molar-refractivity contribution in [2.45, 2.75) is 6.42 Å². The van der Waals surface area contributed by atoms with Crippen LogP contribution in [0.4, 0.5) is 0 Å². The van der Waals surface area contributed by atoms with Crippen molar-refractivity contribution in [3.05, 3.63) is 35.8 Å². The maximum absolute atomic E-state index is 8.96. The topological polar surface area (TPSA) is 32.6 Å². The summed E-state index contributed by atoms with van der Waals surface area (Å²) in [5.74, 6) is 0.130. The molecule has 0 atom stereocenters. The number of nitrogens with zero attached hydrogens (tertiary/aromatic N) is 1. The largest absolute Gasteiger partial charge is 0.493 e. The van der Waals surface area contributed by atoms with Crippen molar-refractivity contribution in [1.29, 1.82) is 0 Å². The molecule has 0 amide bonds. The summed E-state index contributed by atoms with van der Waals surface area (Å²) in [5, 5.41) is 8.96. The SMILES string of the molecule is OC1=CC2=CC=CCC2=N1. The van der Waals surface area contributed by atoms with Gasteiger partial charge in [0.15, 0.2) is 0 Å². The zero-order valence-electron chi connectivity index (χ0n) is 5.41. The smallest absolute Gasteiger partial charge is 0.211 e. The van der Waals surface area contributed by atoms with E-state index in [1.54, 1.807) is 6.08 Å². The summed E-state index contributed by atoms with van der Waals surface area (Å²) in [6.07, 6.45) is 8.47. The fourth-order valence-electron chi connectivity index (χ4n) is 1.12. The number of aliphatic imine (C=N–C) groups is 1.